The van der Waals surface area contributed by atoms with Crippen LogP contribution in [0.25, 0.3) is 11.5 Å². The Labute approximate surface area is 164 Å². The van der Waals surface area contributed by atoms with Crippen LogP contribution in [0.2, 0.25) is 0 Å². The van der Waals surface area contributed by atoms with Gasteiger partial charge in [0.25, 0.3) is 5.89 Å². The molecule has 1 fully saturated rings. The number of piperidine rings is 1. The SMILES string of the molecule is COCCC1(c2noc(-c3ccncc3)n2)CCN(C(=O)C2CC=CC2)CC1. The molecule has 28 heavy (non-hydrogen) atoms. The van der Waals surface area contributed by atoms with Crippen molar-refractivity contribution in [1.82, 2.24) is 20.0 Å². The fourth-order valence-corrected chi connectivity index (χ4v) is 4.17. The number of ether oxygens (including phenoxy) is 1. The molecule has 3 heterocycles. The standard InChI is InChI=1S/C21H26N4O3/c1-27-15-10-21(20-23-18(28-24-20)16-6-11-22-12-7-16)8-13-25(14-9-21)19(26)17-4-2-3-5-17/h2-3,6-7,11-12,17H,4-5,8-10,13-15H2,1H3. The molecule has 1 amide bonds. The summed E-state index contributed by atoms with van der Waals surface area (Å²) in [6, 6.07) is 3.71. The van der Waals surface area contributed by atoms with Gasteiger partial charge in [0.15, 0.2) is 5.82 Å². The monoisotopic (exact) mass is 382 g/mol. The van der Waals surface area contributed by atoms with Gasteiger partial charge in [-0.1, -0.05) is 17.3 Å². The zero-order valence-corrected chi connectivity index (χ0v) is 16.2. The first-order valence-corrected chi connectivity index (χ1v) is 9.89. The second-order valence-electron chi connectivity index (χ2n) is 7.65. The fraction of sp³-hybridized carbons (Fsp3) is 0.524. The van der Waals surface area contributed by atoms with Gasteiger partial charge in [0.1, 0.15) is 0 Å². The van der Waals surface area contributed by atoms with Crippen molar-refractivity contribution in [3.8, 4) is 11.5 Å². The average Bonchev–Trinajstić information content (AvgIpc) is 3.45. The van der Waals surface area contributed by atoms with Crippen LogP contribution < -0.4 is 0 Å². The molecule has 0 atom stereocenters. The maximum atomic E-state index is 12.8. The minimum Gasteiger partial charge on any atom is -0.385 e. The number of amides is 1. The predicted molar refractivity (Wildman–Crippen MR) is 103 cm³/mol. The predicted octanol–water partition coefficient (Wildman–Crippen LogP) is 2.99. The molecule has 1 aliphatic heterocycles. The summed E-state index contributed by atoms with van der Waals surface area (Å²) in [6.07, 6.45) is 11.8. The first-order chi connectivity index (χ1) is 13.7. The van der Waals surface area contributed by atoms with E-state index in [1.54, 1.807) is 19.5 Å². The largest absolute Gasteiger partial charge is 0.385 e. The van der Waals surface area contributed by atoms with E-state index >= 15 is 0 Å². The molecule has 0 spiro atoms. The summed E-state index contributed by atoms with van der Waals surface area (Å²) >= 11 is 0. The lowest BCUT2D eigenvalue weighted by Gasteiger charge is -2.40. The summed E-state index contributed by atoms with van der Waals surface area (Å²) in [5, 5.41) is 4.31. The Bertz CT molecular complexity index is 817. The van der Waals surface area contributed by atoms with Crippen LogP contribution in [-0.4, -0.2) is 52.7 Å². The van der Waals surface area contributed by atoms with Crippen molar-refractivity contribution in [1.29, 1.82) is 0 Å². The van der Waals surface area contributed by atoms with Crippen LogP contribution >= 0.6 is 0 Å². The lowest BCUT2D eigenvalue weighted by molar-refractivity contribution is -0.137. The van der Waals surface area contributed by atoms with Crippen molar-refractivity contribution in [2.75, 3.05) is 26.8 Å². The molecule has 0 saturated carbocycles. The number of carbonyl (C=O) groups excluding carboxylic acids is 1. The van der Waals surface area contributed by atoms with E-state index in [0.717, 1.165) is 50.8 Å². The Morgan fingerprint density at radius 1 is 1.25 bits per heavy atom. The molecular formula is C21H26N4O3. The maximum absolute atomic E-state index is 12.8. The number of carbonyl (C=O) groups is 1. The lowest BCUT2D eigenvalue weighted by atomic mass is 9.75. The summed E-state index contributed by atoms with van der Waals surface area (Å²) in [7, 11) is 1.71. The van der Waals surface area contributed by atoms with E-state index in [-0.39, 0.29) is 17.2 Å². The normalized spacial score (nSPS) is 19.2. The van der Waals surface area contributed by atoms with Gasteiger partial charge in [-0.15, -0.1) is 0 Å². The van der Waals surface area contributed by atoms with Crippen molar-refractivity contribution < 1.29 is 14.1 Å². The number of nitrogens with zero attached hydrogens (tertiary/aromatic N) is 4. The topological polar surface area (TPSA) is 81.3 Å². The Morgan fingerprint density at radius 2 is 1.96 bits per heavy atom. The van der Waals surface area contributed by atoms with Crippen molar-refractivity contribution in [2.24, 2.45) is 5.92 Å². The molecule has 0 radical (unpaired) electrons. The molecule has 2 aromatic heterocycles. The van der Waals surface area contributed by atoms with Gasteiger partial charge in [-0.2, -0.15) is 4.98 Å². The lowest BCUT2D eigenvalue weighted by Crippen LogP contribution is -2.47. The summed E-state index contributed by atoms with van der Waals surface area (Å²) < 4.78 is 10.9. The van der Waals surface area contributed by atoms with Crippen LogP contribution in [0.5, 0.6) is 0 Å². The summed E-state index contributed by atoms with van der Waals surface area (Å²) in [6.45, 7) is 2.07. The van der Waals surface area contributed by atoms with Gasteiger partial charge in [0, 0.05) is 56.1 Å². The molecule has 1 saturated heterocycles. The third kappa shape index (κ3) is 3.71. The van der Waals surface area contributed by atoms with Crippen LogP contribution in [-0.2, 0) is 14.9 Å². The van der Waals surface area contributed by atoms with Crippen molar-refractivity contribution in [3.05, 3.63) is 42.5 Å². The highest BCUT2D eigenvalue weighted by atomic mass is 16.5. The third-order valence-electron chi connectivity index (χ3n) is 6.00. The molecule has 2 aliphatic rings. The quantitative estimate of drug-likeness (QED) is 0.715. The van der Waals surface area contributed by atoms with Gasteiger partial charge in [0.05, 0.1) is 0 Å². The summed E-state index contributed by atoms with van der Waals surface area (Å²) in [4.78, 5) is 23.5. The van der Waals surface area contributed by atoms with Crippen molar-refractivity contribution >= 4 is 5.91 Å². The van der Waals surface area contributed by atoms with Gasteiger partial charge in [-0.3, -0.25) is 9.78 Å². The second kappa shape index (κ2) is 8.22. The molecule has 0 bridgehead atoms. The van der Waals surface area contributed by atoms with E-state index in [4.69, 9.17) is 14.2 Å². The number of rotatable bonds is 6. The molecule has 0 unspecified atom stereocenters. The Hall–Kier alpha value is -2.54. The molecule has 4 rings (SSSR count). The van der Waals surface area contributed by atoms with Crippen molar-refractivity contribution in [2.45, 2.75) is 37.5 Å². The molecule has 148 valence electrons. The number of hydrogen-bond acceptors (Lipinski definition) is 6. The van der Waals surface area contributed by atoms with E-state index in [2.05, 4.69) is 22.3 Å². The second-order valence-corrected chi connectivity index (χ2v) is 7.65. The Balaban J connectivity index is 1.50. The molecule has 1 aliphatic carbocycles. The third-order valence-corrected chi connectivity index (χ3v) is 6.00. The number of aromatic nitrogens is 3. The van der Waals surface area contributed by atoms with Gasteiger partial charge in [-0.25, -0.2) is 0 Å². The Morgan fingerprint density at radius 3 is 2.64 bits per heavy atom. The van der Waals surface area contributed by atoms with Gasteiger partial charge < -0.3 is 14.2 Å². The van der Waals surface area contributed by atoms with Crippen LogP contribution in [0.15, 0.2) is 41.2 Å². The van der Waals surface area contributed by atoms with E-state index in [0.29, 0.717) is 18.3 Å². The van der Waals surface area contributed by atoms with E-state index in [9.17, 15) is 4.79 Å². The first kappa shape index (κ1) is 18.8. The summed E-state index contributed by atoms with van der Waals surface area (Å²) in [5.74, 6) is 1.61. The molecule has 0 aromatic carbocycles. The smallest absolute Gasteiger partial charge is 0.258 e. The van der Waals surface area contributed by atoms with Gasteiger partial charge in [-0.05, 0) is 44.2 Å². The van der Waals surface area contributed by atoms with E-state index < -0.39 is 0 Å². The van der Waals surface area contributed by atoms with Gasteiger partial charge in [0.2, 0.25) is 5.91 Å². The zero-order chi connectivity index (χ0) is 19.4. The highest BCUT2D eigenvalue weighted by Crippen LogP contribution is 2.38. The Kier molecular flexibility index (Phi) is 5.52. The van der Waals surface area contributed by atoms with E-state index in [1.165, 1.54) is 0 Å². The number of likely N-dealkylation sites (tertiary alicyclic amines) is 1. The minimum atomic E-state index is -0.227. The number of methoxy groups -OCH3 is 1. The van der Waals surface area contributed by atoms with E-state index in [1.807, 2.05) is 17.0 Å². The van der Waals surface area contributed by atoms with Crippen LogP contribution in [0.1, 0.15) is 37.9 Å². The molecule has 7 nitrogen and oxygen atoms in total. The summed E-state index contributed by atoms with van der Waals surface area (Å²) in [5.41, 5.74) is 0.632. The minimum absolute atomic E-state index is 0.120. The number of pyridine rings is 1. The van der Waals surface area contributed by atoms with Crippen LogP contribution in [0.3, 0.4) is 0 Å². The molecular weight excluding hydrogens is 356 g/mol. The van der Waals surface area contributed by atoms with Crippen LogP contribution in [0.4, 0.5) is 0 Å². The highest BCUT2D eigenvalue weighted by molar-refractivity contribution is 5.79. The first-order valence-electron chi connectivity index (χ1n) is 9.89. The fourth-order valence-electron chi connectivity index (χ4n) is 4.17. The maximum Gasteiger partial charge on any atom is 0.258 e. The molecule has 0 N–H and O–H groups in total. The van der Waals surface area contributed by atoms with Crippen LogP contribution in [0, 0.1) is 5.92 Å². The number of hydrogen-bond donors (Lipinski definition) is 0. The number of allylic oxidation sites excluding steroid dienone is 2. The van der Waals surface area contributed by atoms with Gasteiger partial charge >= 0.3 is 0 Å². The molecule has 2 aromatic rings. The molecule has 7 heteroatoms. The van der Waals surface area contributed by atoms with Crippen molar-refractivity contribution in [3.63, 3.8) is 0 Å². The zero-order valence-electron chi connectivity index (χ0n) is 16.2. The average molecular weight is 382 g/mol. The highest BCUT2D eigenvalue weighted by Gasteiger charge is 2.42.